The van der Waals surface area contributed by atoms with Gasteiger partial charge < -0.3 is 5.32 Å². The monoisotopic (exact) mass is 308 g/mol. The van der Waals surface area contributed by atoms with Crippen LogP contribution >= 0.6 is 11.3 Å². The molecule has 2 heterocycles. The van der Waals surface area contributed by atoms with Gasteiger partial charge in [-0.15, -0.1) is 11.3 Å². The van der Waals surface area contributed by atoms with Crippen LogP contribution in [0.15, 0.2) is 6.07 Å². The van der Waals surface area contributed by atoms with Gasteiger partial charge in [0.05, 0.1) is 0 Å². The maximum Gasteiger partial charge on any atom is 0.0302 e. The summed E-state index contributed by atoms with van der Waals surface area (Å²) in [6, 6.07) is 2.98. The highest BCUT2D eigenvalue weighted by Crippen LogP contribution is 2.35. The number of nitrogens with zero attached hydrogens (tertiary/aromatic N) is 1. The molecular weight excluding hydrogens is 276 g/mol. The molecule has 1 saturated heterocycles. The molecule has 0 unspecified atom stereocenters. The predicted octanol–water partition coefficient (Wildman–Crippen LogP) is 4.57. The van der Waals surface area contributed by atoms with Gasteiger partial charge in [-0.2, -0.15) is 0 Å². The Morgan fingerprint density at radius 2 is 2.00 bits per heavy atom. The lowest BCUT2D eigenvalue weighted by Crippen LogP contribution is -2.37. The van der Waals surface area contributed by atoms with Gasteiger partial charge in [0.25, 0.3) is 0 Å². The van der Waals surface area contributed by atoms with E-state index in [1.807, 2.05) is 11.3 Å². The molecular formula is C18H32N2S. The number of likely N-dealkylation sites (tertiary alicyclic amines) is 1. The maximum absolute atomic E-state index is 3.52. The summed E-state index contributed by atoms with van der Waals surface area (Å²) in [5, 5.41) is 3.52. The Morgan fingerprint density at radius 1 is 1.33 bits per heavy atom. The van der Waals surface area contributed by atoms with E-state index in [2.05, 4.69) is 50.9 Å². The van der Waals surface area contributed by atoms with E-state index in [9.17, 15) is 0 Å². The lowest BCUT2D eigenvalue weighted by molar-refractivity contribution is 0.109. The summed E-state index contributed by atoms with van der Waals surface area (Å²) in [5.41, 5.74) is 2.13. The van der Waals surface area contributed by atoms with Gasteiger partial charge in [-0.25, -0.2) is 0 Å². The van der Waals surface area contributed by atoms with Crippen LogP contribution < -0.4 is 5.32 Å². The Labute approximate surface area is 134 Å². The van der Waals surface area contributed by atoms with E-state index in [0.717, 1.165) is 13.1 Å². The lowest BCUT2D eigenvalue weighted by atomic mass is 9.78. The minimum absolute atomic E-state index is 0.560. The highest BCUT2D eigenvalue weighted by molar-refractivity contribution is 7.12. The van der Waals surface area contributed by atoms with Crippen LogP contribution in [0, 0.1) is 12.3 Å². The number of rotatable bonds is 6. The molecule has 120 valence electrons. The zero-order valence-electron chi connectivity index (χ0n) is 14.5. The quantitative estimate of drug-likeness (QED) is 0.828. The smallest absolute Gasteiger partial charge is 0.0302 e. The Bertz CT molecular complexity index is 442. The van der Waals surface area contributed by atoms with E-state index in [1.165, 1.54) is 42.1 Å². The molecule has 1 N–H and O–H groups in total. The normalized spacial score (nSPS) is 19.3. The van der Waals surface area contributed by atoms with Crippen molar-refractivity contribution < 1.29 is 0 Å². The Kier molecular flexibility index (Phi) is 5.87. The van der Waals surface area contributed by atoms with Crippen molar-refractivity contribution >= 4 is 11.3 Å². The van der Waals surface area contributed by atoms with Crippen LogP contribution in [-0.4, -0.2) is 24.0 Å². The number of piperidine rings is 1. The van der Waals surface area contributed by atoms with Crippen LogP contribution in [0.25, 0.3) is 0 Å². The average Bonchev–Trinajstić information content (AvgIpc) is 2.80. The van der Waals surface area contributed by atoms with Crippen molar-refractivity contribution in [3.63, 3.8) is 0 Å². The molecule has 0 radical (unpaired) electrons. The number of hydrogen-bond donors (Lipinski definition) is 1. The summed E-state index contributed by atoms with van der Waals surface area (Å²) in [4.78, 5) is 5.62. The molecule has 0 aliphatic carbocycles. The Balaban J connectivity index is 1.89. The largest absolute Gasteiger partial charge is 0.310 e. The molecule has 21 heavy (non-hydrogen) atoms. The molecule has 1 aromatic rings. The number of aryl methyl sites for hydroxylation is 1. The summed E-state index contributed by atoms with van der Waals surface area (Å²) in [5.74, 6) is 0. The van der Waals surface area contributed by atoms with Crippen LogP contribution in [0.3, 0.4) is 0 Å². The van der Waals surface area contributed by atoms with Crippen LogP contribution in [0.2, 0.25) is 0 Å². The first-order valence-corrected chi connectivity index (χ1v) is 9.27. The highest BCUT2D eigenvalue weighted by atomic mass is 32.1. The topological polar surface area (TPSA) is 15.3 Å². The fourth-order valence-electron chi connectivity index (χ4n) is 2.98. The van der Waals surface area contributed by atoms with Gasteiger partial charge in [-0.05, 0) is 49.9 Å². The van der Waals surface area contributed by atoms with Gasteiger partial charge in [-0.3, -0.25) is 4.90 Å². The second-order valence-electron chi connectivity index (χ2n) is 7.27. The Hall–Kier alpha value is -0.380. The summed E-state index contributed by atoms with van der Waals surface area (Å²) in [7, 11) is 0. The van der Waals surface area contributed by atoms with E-state index in [0.29, 0.717) is 11.5 Å². The third kappa shape index (κ3) is 4.80. The fourth-order valence-corrected chi connectivity index (χ4v) is 3.99. The van der Waals surface area contributed by atoms with Crippen LogP contribution in [0.4, 0.5) is 0 Å². The second kappa shape index (κ2) is 7.26. The minimum Gasteiger partial charge on any atom is -0.310 e. The van der Waals surface area contributed by atoms with Gasteiger partial charge in [0.15, 0.2) is 0 Å². The van der Waals surface area contributed by atoms with Crippen molar-refractivity contribution in [1.29, 1.82) is 0 Å². The maximum atomic E-state index is 3.52. The van der Waals surface area contributed by atoms with E-state index in [4.69, 9.17) is 0 Å². The molecule has 0 amide bonds. The van der Waals surface area contributed by atoms with Gasteiger partial charge in [0, 0.05) is 28.9 Å². The summed E-state index contributed by atoms with van der Waals surface area (Å²) < 4.78 is 0. The standard InChI is InChI=1S/C18H32N2S/c1-6-18(5)7-9-20(10-8-18)13-16-11-17(21-15(16)4)12-19-14(2)3/h11,14,19H,6-10,12-13H2,1-5H3. The molecule has 1 aromatic heterocycles. The third-order valence-electron chi connectivity index (χ3n) is 5.07. The second-order valence-corrected chi connectivity index (χ2v) is 8.61. The van der Waals surface area contributed by atoms with Crippen LogP contribution in [-0.2, 0) is 13.1 Å². The van der Waals surface area contributed by atoms with Crippen LogP contribution in [0.1, 0.15) is 62.3 Å². The Morgan fingerprint density at radius 3 is 2.57 bits per heavy atom. The molecule has 2 nitrogen and oxygen atoms in total. The zero-order valence-corrected chi connectivity index (χ0v) is 15.3. The molecule has 2 rings (SSSR count). The van der Waals surface area contributed by atoms with Crippen molar-refractivity contribution in [3.8, 4) is 0 Å². The zero-order chi connectivity index (χ0) is 15.5. The van der Waals surface area contributed by atoms with E-state index < -0.39 is 0 Å². The molecule has 1 aliphatic heterocycles. The molecule has 0 bridgehead atoms. The summed E-state index contributed by atoms with van der Waals surface area (Å²) >= 11 is 1.96. The van der Waals surface area contributed by atoms with E-state index >= 15 is 0 Å². The van der Waals surface area contributed by atoms with Gasteiger partial charge in [0.2, 0.25) is 0 Å². The fraction of sp³-hybridized carbons (Fsp3) is 0.778. The molecule has 0 saturated carbocycles. The molecule has 1 fully saturated rings. The number of thiophene rings is 1. The van der Waals surface area contributed by atoms with Crippen molar-refractivity contribution in [2.75, 3.05) is 13.1 Å². The summed E-state index contributed by atoms with van der Waals surface area (Å²) in [6.45, 7) is 16.2. The highest BCUT2D eigenvalue weighted by Gasteiger charge is 2.28. The van der Waals surface area contributed by atoms with Crippen molar-refractivity contribution in [2.45, 2.75) is 73.0 Å². The van der Waals surface area contributed by atoms with Crippen LogP contribution in [0.5, 0.6) is 0 Å². The predicted molar refractivity (Wildman–Crippen MR) is 93.9 cm³/mol. The minimum atomic E-state index is 0.560. The van der Waals surface area contributed by atoms with Gasteiger partial charge in [-0.1, -0.05) is 34.1 Å². The molecule has 3 heteroatoms. The van der Waals surface area contributed by atoms with Crippen molar-refractivity contribution in [1.82, 2.24) is 10.2 Å². The van der Waals surface area contributed by atoms with E-state index in [1.54, 1.807) is 5.56 Å². The molecule has 0 aromatic carbocycles. The van der Waals surface area contributed by atoms with Gasteiger partial charge in [0.1, 0.15) is 0 Å². The van der Waals surface area contributed by atoms with Crippen molar-refractivity contribution in [3.05, 3.63) is 21.4 Å². The molecule has 1 aliphatic rings. The molecule has 0 spiro atoms. The lowest BCUT2D eigenvalue weighted by Gasteiger charge is -2.38. The average molecular weight is 309 g/mol. The third-order valence-corrected chi connectivity index (χ3v) is 6.16. The number of hydrogen-bond acceptors (Lipinski definition) is 3. The van der Waals surface area contributed by atoms with Crippen molar-refractivity contribution in [2.24, 2.45) is 5.41 Å². The SMILES string of the molecule is CCC1(C)CCN(Cc2cc(CNC(C)C)sc2C)CC1. The summed E-state index contributed by atoms with van der Waals surface area (Å²) in [6.07, 6.45) is 4.03. The first-order chi connectivity index (χ1) is 9.92. The first kappa shape index (κ1) is 17.0. The first-order valence-electron chi connectivity index (χ1n) is 8.46. The van der Waals surface area contributed by atoms with Gasteiger partial charge >= 0.3 is 0 Å². The molecule has 0 atom stereocenters. The number of nitrogens with one attached hydrogen (secondary N) is 1. The van der Waals surface area contributed by atoms with E-state index in [-0.39, 0.29) is 0 Å².